The van der Waals surface area contributed by atoms with Crippen molar-refractivity contribution in [3.63, 3.8) is 0 Å². The van der Waals surface area contributed by atoms with Crippen molar-refractivity contribution in [2.75, 3.05) is 7.11 Å². The highest BCUT2D eigenvalue weighted by Gasteiger charge is 2.04. The van der Waals surface area contributed by atoms with E-state index in [4.69, 9.17) is 4.42 Å². The second-order valence-corrected chi connectivity index (χ2v) is 6.02. The quantitative estimate of drug-likeness (QED) is 0.359. The molecule has 22 heavy (non-hydrogen) atoms. The Morgan fingerprint density at radius 1 is 0.909 bits per heavy atom. The van der Waals surface area contributed by atoms with Gasteiger partial charge in [-0.1, -0.05) is 45.4 Å². The van der Waals surface area contributed by atoms with Gasteiger partial charge in [0.25, 0.3) is 0 Å². The van der Waals surface area contributed by atoms with Crippen LogP contribution in [0, 0.1) is 0 Å². The van der Waals surface area contributed by atoms with Crippen molar-refractivity contribution in [3.8, 4) is 0 Å². The first-order valence-corrected chi connectivity index (χ1v) is 8.90. The fraction of sp³-hybridized carbons (Fsp3) is 0.737. The topological polar surface area (TPSA) is 39.4 Å². The summed E-state index contributed by atoms with van der Waals surface area (Å²) >= 11 is 0. The molecule has 0 atom stereocenters. The smallest absolute Gasteiger partial charge is 0.305 e. The van der Waals surface area contributed by atoms with Crippen molar-refractivity contribution in [2.24, 2.45) is 0 Å². The highest BCUT2D eigenvalue weighted by atomic mass is 16.5. The van der Waals surface area contributed by atoms with Gasteiger partial charge in [-0.3, -0.25) is 4.79 Å². The van der Waals surface area contributed by atoms with Crippen LogP contribution in [0.1, 0.15) is 82.7 Å². The number of unbranched alkanes of at least 4 members (excludes halogenated alkanes) is 7. The zero-order chi connectivity index (χ0) is 16.0. The van der Waals surface area contributed by atoms with Crippen molar-refractivity contribution in [1.29, 1.82) is 0 Å². The molecule has 1 aromatic heterocycles. The van der Waals surface area contributed by atoms with E-state index in [0.717, 1.165) is 37.2 Å². The Hall–Kier alpha value is -1.25. The third-order valence-electron chi connectivity index (χ3n) is 4.03. The number of hydrogen-bond donors (Lipinski definition) is 0. The Morgan fingerprint density at radius 2 is 1.45 bits per heavy atom. The number of aryl methyl sites for hydroxylation is 2. The Labute approximate surface area is 135 Å². The lowest BCUT2D eigenvalue weighted by molar-refractivity contribution is -0.140. The van der Waals surface area contributed by atoms with E-state index in [9.17, 15) is 4.79 Å². The van der Waals surface area contributed by atoms with Crippen LogP contribution in [-0.4, -0.2) is 13.1 Å². The van der Waals surface area contributed by atoms with Crippen LogP contribution in [0.3, 0.4) is 0 Å². The van der Waals surface area contributed by atoms with E-state index in [1.54, 1.807) is 0 Å². The fourth-order valence-corrected chi connectivity index (χ4v) is 2.62. The molecule has 0 fully saturated rings. The number of rotatable bonds is 13. The largest absolute Gasteiger partial charge is 0.469 e. The number of methoxy groups -OCH3 is 1. The first-order valence-electron chi connectivity index (χ1n) is 8.90. The SMILES string of the molecule is CCCCCCCCCc1ccc(CCCCC(=O)OC)o1. The van der Waals surface area contributed by atoms with Gasteiger partial charge in [-0.2, -0.15) is 0 Å². The fourth-order valence-electron chi connectivity index (χ4n) is 2.62. The number of esters is 1. The van der Waals surface area contributed by atoms with Gasteiger partial charge in [0.15, 0.2) is 0 Å². The van der Waals surface area contributed by atoms with E-state index >= 15 is 0 Å². The molecule has 0 N–H and O–H groups in total. The standard InChI is InChI=1S/C19H32O3/c1-3-4-5-6-7-8-9-12-17-15-16-18(22-17)13-10-11-14-19(20)21-2/h15-16H,3-14H2,1-2H3. The van der Waals surface area contributed by atoms with Crippen LogP contribution < -0.4 is 0 Å². The van der Waals surface area contributed by atoms with Gasteiger partial charge in [-0.25, -0.2) is 0 Å². The summed E-state index contributed by atoms with van der Waals surface area (Å²) in [6.07, 6.45) is 13.6. The third-order valence-corrected chi connectivity index (χ3v) is 4.03. The summed E-state index contributed by atoms with van der Waals surface area (Å²) < 4.78 is 10.5. The van der Waals surface area contributed by atoms with Crippen molar-refractivity contribution in [2.45, 2.75) is 84.0 Å². The monoisotopic (exact) mass is 308 g/mol. The number of hydrogen-bond acceptors (Lipinski definition) is 3. The van der Waals surface area contributed by atoms with Crippen LogP contribution in [0.2, 0.25) is 0 Å². The molecule has 0 radical (unpaired) electrons. The maximum atomic E-state index is 11.0. The highest BCUT2D eigenvalue weighted by molar-refractivity contribution is 5.68. The van der Waals surface area contributed by atoms with E-state index in [0.29, 0.717) is 6.42 Å². The normalized spacial score (nSPS) is 10.8. The highest BCUT2D eigenvalue weighted by Crippen LogP contribution is 2.15. The van der Waals surface area contributed by atoms with Crippen LogP contribution >= 0.6 is 0 Å². The van der Waals surface area contributed by atoms with E-state index in [-0.39, 0.29) is 5.97 Å². The zero-order valence-corrected chi connectivity index (χ0v) is 14.4. The van der Waals surface area contributed by atoms with E-state index in [1.165, 1.54) is 52.1 Å². The molecule has 0 amide bonds. The molecule has 3 nitrogen and oxygen atoms in total. The van der Waals surface area contributed by atoms with Crippen LogP contribution in [-0.2, 0) is 22.4 Å². The molecule has 0 saturated heterocycles. The predicted octanol–water partition coefficient (Wildman–Crippen LogP) is 5.46. The second kappa shape index (κ2) is 12.3. The Kier molecular flexibility index (Phi) is 10.5. The molecule has 0 aliphatic rings. The number of furan rings is 1. The Bertz CT molecular complexity index is 395. The van der Waals surface area contributed by atoms with E-state index < -0.39 is 0 Å². The molecule has 126 valence electrons. The number of ether oxygens (including phenoxy) is 1. The molecule has 0 aliphatic heterocycles. The number of carbonyl (C=O) groups is 1. The molecular formula is C19H32O3. The minimum Gasteiger partial charge on any atom is -0.469 e. The summed E-state index contributed by atoms with van der Waals surface area (Å²) in [5, 5.41) is 0. The zero-order valence-electron chi connectivity index (χ0n) is 14.4. The molecule has 1 aromatic rings. The van der Waals surface area contributed by atoms with Crippen molar-refractivity contribution >= 4 is 5.97 Å². The average Bonchev–Trinajstić information content (AvgIpc) is 2.98. The van der Waals surface area contributed by atoms with Crippen molar-refractivity contribution < 1.29 is 13.9 Å². The van der Waals surface area contributed by atoms with Crippen molar-refractivity contribution in [3.05, 3.63) is 23.7 Å². The molecule has 0 saturated carbocycles. The van der Waals surface area contributed by atoms with Gasteiger partial charge in [0.05, 0.1) is 7.11 Å². The molecule has 1 rings (SSSR count). The van der Waals surface area contributed by atoms with Gasteiger partial charge in [-0.15, -0.1) is 0 Å². The third kappa shape index (κ3) is 8.91. The summed E-state index contributed by atoms with van der Waals surface area (Å²) in [5.41, 5.74) is 0. The van der Waals surface area contributed by atoms with Gasteiger partial charge in [0.1, 0.15) is 11.5 Å². The average molecular weight is 308 g/mol. The molecule has 0 bridgehead atoms. The second-order valence-electron chi connectivity index (χ2n) is 6.02. The first-order chi connectivity index (χ1) is 10.8. The predicted molar refractivity (Wildman–Crippen MR) is 90.0 cm³/mol. The minimum atomic E-state index is -0.126. The van der Waals surface area contributed by atoms with E-state index in [2.05, 4.69) is 23.8 Å². The summed E-state index contributed by atoms with van der Waals surface area (Å²) in [6, 6.07) is 4.18. The summed E-state index contributed by atoms with van der Waals surface area (Å²) in [7, 11) is 1.44. The maximum absolute atomic E-state index is 11.0. The molecule has 0 unspecified atom stereocenters. The Balaban J connectivity index is 2.05. The van der Waals surface area contributed by atoms with Gasteiger partial charge in [-0.05, 0) is 31.4 Å². The minimum absolute atomic E-state index is 0.126. The van der Waals surface area contributed by atoms with Gasteiger partial charge >= 0.3 is 5.97 Å². The molecule has 1 heterocycles. The molecule has 3 heteroatoms. The molecular weight excluding hydrogens is 276 g/mol. The maximum Gasteiger partial charge on any atom is 0.305 e. The lowest BCUT2D eigenvalue weighted by Gasteiger charge is -2.01. The van der Waals surface area contributed by atoms with Crippen LogP contribution in [0.25, 0.3) is 0 Å². The van der Waals surface area contributed by atoms with Gasteiger partial charge in [0, 0.05) is 19.3 Å². The van der Waals surface area contributed by atoms with Gasteiger partial charge in [0.2, 0.25) is 0 Å². The summed E-state index contributed by atoms with van der Waals surface area (Å²) in [5.74, 6) is 2.03. The molecule has 0 aromatic carbocycles. The Morgan fingerprint density at radius 3 is 2.05 bits per heavy atom. The number of carbonyl (C=O) groups excluding carboxylic acids is 1. The summed E-state index contributed by atoms with van der Waals surface area (Å²) in [4.78, 5) is 11.0. The molecule has 0 spiro atoms. The lowest BCUT2D eigenvalue weighted by atomic mass is 10.1. The lowest BCUT2D eigenvalue weighted by Crippen LogP contribution is -1.99. The van der Waals surface area contributed by atoms with Crippen LogP contribution in [0.4, 0.5) is 0 Å². The summed E-state index contributed by atoms with van der Waals surface area (Å²) in [6.45, 7) is 2.25. The first kappa shape index (κ1) is 18.8. The van der Waals surface area contributed by atoms with E-state index in [1.807, 2.05) is 0 Å². The van der Waals surface area contributed by atoms with Crippen molar-refractivity contribution in [1.82, 2.24) is 0 Å². The van der Waals surface area contributed by atoms with Crippen LogP contribution in [0.5, 0.6) is 0 Å². The van der Waals surface area contributed by atoms with Crippen LogP contribution in [0.15, 0.2) is 16.5 Å². The molecule has 0 aliphatic carbocycles. The van der Waals surface area contributed by atoms with Gasteiger partial charge < -0.3 is 9.15 Å².